The highest BCUT2D eigenvalue weighted by molar-refractivity contribution is 5.85. The van der Waals surface area contributed by atoms with Gasteiger partial charge in [0, 0.05) is 0 Å². The van der Waals surface area contributed by atoms with E-state index in [1.54, 1.807) is 7.11 Å². The molecule has 0 amide bonds. The Morgan fingerprint density at radius 1 is 1.47 bits per heavy atom. The van der Waals surface area contributed by atoms with Crippen molar-refractivity contribution in [3.63, 3.8) is 0 Å². The molecule has 15 heavy (non-hydrogen) atoms. The van der Waals surface area contributed by atoms with E-state index >= 15 is 0 Å². The third-order valence-corrected chi connectivity index (χ3v) is 3.11. The average molecular weight is 206 g/mol. The van der Waals surface area contributed by atoms with E-state index in [0.717, 1.165) is 29.7 Å². The minimum Gasteiger partial charge on any atom is -0.496 e. The van der Waals surface area contributed by atoms with Crippen LogP contribution in [0, 0.1) is 6.92 Å². The van der Waals surface area contributed by atoms with E-state index < -0.39 is 11.4 Å². The lowest BCUT2D eigenvalue weighted by molar-refractivity contribution is -0.140. The van der Waals surface area contributed by atoms with Gasteiger partial charge in [-0.2, -0.15) is 0 Å². The summed E-state index contributed by atoms with van der Waals surface area (Å²) >= 11 is 0. The number of aliphatic carboxylic acids is 1. The third-order valence-electron chi connectivity index (χ3n) is 3.11. The van der Waals surface area contributed by atoms with Crippen LogP contribution >= 0.6 is 0 Å². The number of methoxy groups -OCH3 is 1. The van der Waals surface area contributed by atoms with Crippen molar-refractivity contribution in [2.45, 2.75) is 25.2 Å². The first kappa shape index (κ1) is 10.0. The number of hydrogen-bond donors (Lipinski definition) is 1. The number of carbonyl (C=O) groups is 1. The van der Waals surface area contributed by atoms with Crippen LogP contribution in [-0.4, -0.2) is 18.2 Å². The predicted octanol–water partition coefficient (Wildman–Crippen LogP) is 2.12. The fourth-order valence-electron chi connectivity index (χ4n) is 1.93. The second-order valence-corrected chi connectivity index (χ2v) is 4.07. The fraction of sp³-hybridized carbons (Fsp3) is 0.417. The van der Waals surface area contributed by atoms with Gasteiger partial charge in [-0.3, -0.25) is 4.79 Å². The van der Waals surface area contributed by atoms with Gasteiger partial charge in [-0.1, -0.05) is 12.1 Å². The highest BCUT2D eigenvalue weighted by Crippen LogP contribution is 2.49. The first-order chi connectivity index (χ1) is 7.10. The van der Waals surface area contributed by atoms with Gasteiger partial charge in [0.05, 0.1) is 12.5 Å². The molecule has 1 aromatic rings. The van der Waals surface area contributed by atoms with Crippen LogP contribution in [0.1, 0.15) is 24.0 Å². The Bertz CT molecular complexity index is 405. The van der Waals surface area contributed by atoms with E-state index in [4.69, 9.17) is 9.84 Å². The molecule has 1 N–H and O–H groups in total. The van der Waals surface area contributed by atoms with Crippen LogP contribution in [0.4, 0.5) is 0 Å². The SMILES string of the molecule is COc1ccc(C2(C(=O)O)CC2)cc1C. The molecule has 1 aromatic carbocycles. The van der Waals surface area contributed by atoms with Crippen molar-refractivity contribution in [3.05, 3.63) is 29.3 Å². The van der Waals surface area contributed by atoms with Crippen molar-refractivity contribution in [1.82, 2.24) is 0 Å². The number of aryl methyl sites for hydroxylation is 1. The zero-order valence-electron chi connectivity index (χ0n) is 8.91. The van der Waals surface area contributed by atoms with Crippen LogP contribution in [0.25, 0.3) is 0 Å². The Balaban J connectivity index is 2.39. The second kappa shape index (κ2) is 3.26. The van der Waals surface area contributed by atoms with Gasteiger partial charge in [-0.15, -0.1) is 0 Å². The molecular weight excluding hydrogens is 192 g/mol. The fourth-order valence-corrected chi connectivity index (χ4v) is 1.93. The molecule has 1 aliphatic carbocycles. The van der Waals surface area contributed by atoms with Crippen LogP contribution < -0.4 is 4.74 Å². The lowest BCUT2D eigenvalue weighted by atomic mass is 9.94. The lowest BCUT2D eigenvalue weighted by Gasteiger charge is -2.12. The second-order valence-electron chi connectivity index (χ2n) is 4.07. The number of carboxylic acids is 1. The van der Waals surface area contributed by atoms with Crippen LogP contribution in [0.3, 0.4) is 0 Å². The van der Waals surface area contributed by atoms with Gasteiger partial charge in [-0.25, -0.2) is 0 Å². The van der Waals surface area contributed by atoms with Crippen LogP contribution in [0.2, 0.25) is 0 Å². The number of rotatable bonds is 3. The molecule has 0 aliphatic heterocycles. The number of hydrogen-bond acceptors (Lipinski definition) is 2. The molecular formula is C12H14O3. The van der Waals surface area contributed by atoms with Crippen LogP contribution in [-0.2, 0) is 10.2 Å². The van der Waals surface area contributed by atoms with Gasteiger partial charge in [0.15, 0.2) is 0 Å². The van der Waals surface area contributed by atoms with Crippen LogP contribution in [0.15, 0.2) is 18.2 Å². The summed E-state index contributed by atoms with van der Waals surface area (Å²) in [4.78, 5) is 11.1. The Morgan fingerprint density at radius 2 is 2.13 bits per heavy atom. The molecule has 0 unspecified atom stereocenters. The normalized spacial score (nSPS) is 17.2. The first-order valence-electron chi connectivity index (χ1n) is 4.99. The molecule has 0 spiro atoms. The van der Waals surface area contributed by atoms with E-state index in [9.17, 15) is 4.79 Å². The molecule has 1 aliphatic rings. The Kier molecular flexibility index (Phi) is 2.18. The van der Waals surface area contributed by atoms with Crippen molar-refractivity contribution in [2.75, 3.05) is 7.11 Å². The maximum Gasteiger partial charge on any atom is 0.314 e. The maximum absolute atomic E-state index is 11.1. The smallest absolute Gasteiger partial charge is 0.314 e. The molecule has 3 nitrogen and oxygen atoms in total. The number of benzene rings is 1. The van der Waals surface area contributed by atoms with Gasteiger partial charge in [-0.05, 0) is 37.0 Å². The zero-order chi connectivity index (χ0) is 11.1. The minimum absolute atomic E-state index is 0.614. The molecule has 0 radical (unpaired) electrons. The van der Waals surface area contributed by atoms with Gasteiger partial charge >= 0.3 is 5.97 Å². The molecule has 80 valence electrons. The summed E-state index contributed by atoms with van der Waals surface area (Å²) in [5, 5.41) is 9.14. The van der Waals surface area contributed by atoms with Crippen molar-refractivity contribution in [3.8, 4) is 5.75 Å². The monoisotopic (exact) mass is 206 g/mol. The summed E-state index contributed by atoms with van der Waals surface area (Å²) in [7, 11) is 1.62. The predicted molar refractivity (Wildman–Crippen MR) is 56.3 cm³/mol. The molecule has 2 rings (SSSR count). The maximum atomic E-state index is 11.1. The molecule has 0 aromatic heterocycles. The summed E-state index contributed by atoms with van der Waals surface area (Å²) in [5.41, 5.74) is 1.27. The van der Waals surface area contributed by atoms with Gasteiger partial charge in [0.2, 0.25) is 0 Å². The average Bonchev–Trinajstić information content (AvgIpc) is 2.98. The Labute approximate surface area is 88.7 Å². The van der Waals surface area contributed by atoms with E-state index in [-0.39, 0.29) is 0 Å². The van der Waals surface area contributed by atoms with E-state index in [1.165, 1.54) is 0 Å². The molecule has 1 fully saturated rings. The zero-order valence-corrected chi connectivity index (χ0v) is 8.91. The summed E-state index contributed by atoms with van der Waals surface area (Å²) in [6, 6.07) is 5.61. The van der Waals surface area contributed by atoms with Crippen molar-refractivity contribution >= 4 is 5.97 Å². The van der Waals surface area contributed by atoms with Crippen LogP contribution in [0.5, 0.6) is 5.75 Å². The van der Waals surface area contributed by atoms with Gasteiger partial charge in [0.1, 0.15) is 5.75 Å². The van der Waals surface area contributed by atoms with E-state index in [2.05, 4.69) is 0 Å². The summed E-state index contributed by atoms with van der Waals surface area (Å²) in [5.74, 6) is 0.0898. The summed E-state index contributed by atoms with van der Waals surface area (Å²) < 4.78 is 5.15. The van der Waals surface area contributed by atoms with Crippen molar-refractivity contribution in [1.29, 1.82) is 0 Å². The highest BCUT2D eigenvalue weighted by atomic mass is 16.5. The molecule has 1 saturated carbocycles. The highest BCUT2D eigenvalue weighted by Gasteiger charge is 2.51. The Hall–Kier alpha value is -1.51. The summed E-state index contributed by atoms with van der Waals surface area (Å²) in [6.07, 6.45) is 1.49. The first-order valence-corrected chi connectivity index (χ1v) is 4.99. The minimum atomic E-state index is -0.716. The largest absolute Gasteiger partial charge is 0.496 e. The standard InChI is InChI=1S/C12H14O3/c1-8-7-9(3-4-10(8)15-2)12(5-6-12)11(13)14/h3-4,7H,5-6H2,1-2H3,(H,13,14). The number of ether oxygens (including phenoxy) is 1. The molecule has 0 bridgehead atoms. The van der Waals surface area contributed by atoms with Gasteiger partial charge in [0.25, 0.3) is 0 Å². The summed E-state index contributed by atoms with van der Waals surface area (Å²) in [6.45, 7) is 1.93. The molecule has 0 heterocycles. The molecule has 3 heteroatoms. The Morgan fingerprint density at radius 3 is 2.53 bits per heavy atom. The molecule has 0 atom stereocenters. The topological polar surface area (TPSA) is 46.5 Å². The van der Waals surface area contributed by atoms with Crippen molar-refractivity contribution in [2.24, 2.45) is 0 Å². The van der Waals surface area contributed by atoms with Crippen molar-refractivity contribution < 1.29 is 14.6 Å². The van der Waals surface area contributed by atoms with E-state index in [0.29, 0.717) is 0 Å². The van der Waals surface area contributed by atoms with E-state index in [1.807, 2.05) is 25.1 Å². The number of carboxylic acid groups (broad SMARTS) is 1. The lowest BCUT2D eigenvalue weighted by Crippen LogP contribution is -2.19. The quantitative estimate of drug-likeness (QED) is 0.824. The van der Waals surface area contributed by atoms with Gasteiger partial charge < -0.3 is 9.84 Å². The molecule has 0 saturated heterocycles. The third kappa shape index (κ3) is 1.48.